The number of halogens is 1. The molecule has 130 valence electrons. The van der Waals surface area contributed by atoms with E-state index < -0.39 is 0 Å². The van der Waals surface area contributed by atoms with Gasteiger partial charge in [0.25, 0.3) is 0 Å². The minimum Gasteiger partial charge on any atom is -0.497 e. The van der Waals surface area contributed by atoms with E-state index in [0.717, 1.165) is 45.4 Å². The number of hydrogen-bond acceptors (Lipinski definition) is 3. The second-order valence-electron chi connectivity index (χ2n) is 6.04. The molecule has 0 amide bonds. The number of rotatable bonds is 4. The van der Waals surface area contributed by atoms with E-state index in [1.165, 1.54) is 0 Å². The van der Waals surface area contributed by atoms with Crippen molar-refractivity contribution in [1.29, 1.82) is 0 Å². The molecular formula is C22H19ClN2O. The molecule has 0 aromatic heterocycles. The van der Waals surface area contributed by atoms with Crippen LogP contribution >= 0.6 is 11.6 Å². The van der Waals surface area contributed by atoms with E-state index in [9.17, 15) is 0 Å². The summed E-state index contributed by atoms with van der Waals surface area (Å²) < 4.78 is 5.28. The summed E-state index contributed by atoms with van der Waals surface area (Å²) in [5, 5.41) is 2.87. The molecule has 0 saturated carbocycles. The molecule has 0 fully saturated rings. The summed E-state index contributed by atoms with van der Waals surface area (Å²) in [7, 11) is 1.68. The van der Waals surface area contributed by atoms with Gasteiger partial charge in [0.2, 0.25) is 0 Å². The molecule has 4 heteroatoms. The topological polar surface area (TPSA) is 24.5 Å². The highest BCUT2D eigenvalue weighted by atomic mass is 35.5. The Balaban J connectivity index is 1.75. The lowest BCUT2D eigenvalue weighted by Crippen LogP contribution is -2.31. The van der Waals surface area contributed by atoms with Gasteiger partial charge in [-0.05, 0) is 42.0 Å². The van der Waals surface area contributed by atoms with Crippen LogP contribution in [0.15, 0.2) is 78.9 Å². The smallest absolute Gasteiger partial charge is 0.118 e. The minimum atomic E-state index is 0.735. The van der Waals surface area contributed by atoms with Crippen LogP contribution in [-0.2, 0) is 0 Å². The van der Waals surface area contributed by atoms with E-state index in [1.54, 1.807) is 7.11 Å². The molecule has 0 saturated heterocycles. The van der Waals surface area contributed by atoms with Gasteiger partial charge in [0, 0.05) is 22.7 Å². The number of benzene rings is 3. The van der Waals surface area contributed by atoms with Gasteiger partial charge >= 0.3 is 0 Å². The summed E-state index contributed by atoms with van der Waals surface area (Å²) in [4.78, 5) is 0. The van der Waals surface area contributed by atoms with E-state index in [0.29, 0.717) is 0 Å². The third-order valence-electron chi connectivity index (χ3n) is 4.45. The fourth-order valence-corrected chi connectivity index (χ4v) is 3.39. The normalized spacial score (nSPS) is 13.6. The molecule has 3 nitrogen and oxygen atoms in total. The van der Waals surface area contributed by atoms with Gasteiger partial charge in [0.1, 0.15) is 5.75 Å². The molecule has 26 heavy (non-hydrogen) atoms. The number of para-hydroxylation sites is 1. The van der Waals surface area contributed by atoms with Crippen molar-refractivity contribution < 1.29 is 4.74 Å². The largest absolute Gasteiger partial charge is 0.497 e. The number of anilines is 1. The summed E-state index contributed by atoms with van der Waals surface area (Å²) in [6, 6.07) is 24.4. The highest BCUT2D eigenvalue weighted by Gasteiger charge is 2.21. The zero-order chi connectivity index (χ0) is 17.9. The van der Waals surface area contributed by atoms with Gasteiger partial charge in [-0.2, -0.15) is 0 Å². The predicted octanol–water partition coefficient (Wildman–Crippen LogP) is 5.38. The predicted molar refractivity (Wildman–Crippen MR) is 108 cm³/mol. The molecule has 4 rings (SSSR count). The van der Waals surface area contributed by atoms with Crippen molar-refractivity contribution in [2.75, 3.05) is 18.7 Å². The summed E-state index contributed by atoms with van der Waals surface area (Å²) in [5.74, 6) is 0.852. The first-order valence-corrected chi connectivity index (χ1v) is 8.87. The summed E-state index contributed by atoms with van der Waals surface area (Å²) in [5.41, 5.74) is 9.03. The van der Waals surface area contributed by atoms with Crippen molar-refractivity contribution in [2.45, 2.75) is 0 Å². The van der Waals surface area contributed by atoms with Crippen molar-refractivity contribution in [1.82, 2.24) is 5.43 Å². The first-order valence-electron chi connectivity index (χ1n) is 8.49. The first-order chi connectivity index (χ1) is 12.8. The lowest BCUT2D eigenvalue weighted by molar-refractivity contribution is 0.415. The molecule has 0 aliphatic carbocycles. The van der Waals surface area contributed by atoms with Crippen molar-refractivity contribution in [3.8, 4) is 16.9 Å². The SMILES string of the molecule is COc1ccc(-c2ccccc2N2NCC=C2c2cccc(Cl)c2)cc1. The standard InChI is InChI=1S/C22H19ClN2O/c1-26-19-11-9-16(10-12-19)20-7-2-3-8-22(20)25-21(13-14-24-25)17-5-4-6-18(23)15-17/h2-13,15,24H,14H2,1H3. The molecule has 3 aromatic rings. The van der Waals surface area contributed by atoms with E-state index in [-0.39, 0.29) is 0 Å². The Morgan fingerprint density at radius 3 is 2.50 bits per heavy atom. The summed E-state index contributed by atoms with van der Waals surface area (Å²) in [6.07, 6.45) is 2.18. The van der Waals surface area contributed by atoms with Crippen LogP contribution in [0.25, 0.3) is 16.8 Å². The van der Waals surface area contributed by atoms with Crippen molar-refractivity contribution in [3.63, 3.8) is 0 Å². The number of ether oxygens (including phenoxy) is 1. The van der Waals surface area contributed by atoms with Crippen LogP contribution in [0.4, 0.5) is 5.69 Å². The Kier molecular flexibility index (Phi) is 4.65. The third-order valence-corrected chi connectivity index (χ3v) is 4.69. The van der Waals surface area contributed by atoms with Gasteiger partial charge in [0.15, 0.2) is 0 Å². The molecule has 0 atom stereocenters. The van der Waals surface area contributed by atoms with Crippen LogP contribution in [-0.4, -0.2) is 13.7 Å². The fourth-order valence-electron chi connectivity index (χ4n) is 3.20. The Bertz CT molecular complexity index is 950. The highest BCUT2D eigenvalue weighted by Crippen LogP contribution is 2.36. The van der Waals surface area contributed by atoms with Crippen molar-refractivity contribution in [2.24, 2.45) is 0 Å². The molecule has 1 aliphatic heterocycles. The van der Waals surface area contributed by atoms with E-state index in [1.807, 2.05) is 30.3 Å². The zero-order valence-electron chi connectivity index (χ0n) is 14.4. The van der Waals surface area contributed by atoms with E-state index >= 15 is 0 Å². The van der Waals surface area contributed by atoms with E-state index in [2.05, 4.69) is 59.0 Å². The molecule has 0 unspecified atom stereocenters. The molecule has 1 N–H and O–H groups in total. The van der Waals surface area contributed by atoms with E-state index in [4.69, 9.17) is 16.3 Å². The molecule has 3 aromatic carbocycles. The van der Waals surface area contributed by atoms with Crippen LogP contribution in [0.2, 0.25) is 5.02 Å². The maximum absolute atomic E-state index is 6.19. The fraction of sp³-hybridized carbons (Fsp3) is 0.0909. The van der Waals surface area contributed by atoms with Crippen LogP contribution in [0, 0.1) is 0 Å². The van der Waals surface area contributed by atoms with Crippen LogP contribution < -0.4 is 15.2 Å². The van der Waals surface area contributed by atoms with Crippen molar-refractivity contribution >= 4 is 23.0 Å². The van der Waals surface area contributed by atoms with Gasteiger partial charge < -0.3 is 4.74 Å². The monoisotopic (exact) mass is 362 g/mol. The highest BCUT2D eigenvalue weighted by molar-refractivity contribution is 6.30. The third kappa shape index (κ3) is 3.19. The van der Waals surface area contributed by atoms with Gasteiger partial charge in [-0.1, -0.05) is 54.1 Å². The summed E-state index contributed by atoms with van der Waals surface area (Å²) in [6.45, 7) is 0.777. The Labute approximate surface area is 158 Å². The van der Waals surface area contributed by atoms with Gasteiger partial charge in [-0.3, -0.25) is 5.01 Å². The Hall–Kier alpha value is -2.75. The maximum atomic E-state index is 6.19. The maximum Gasteiger partial charge on any atom is 0.118 e. The number of nitrogens with one attached hydrogen (secondary N) is 1. The second kappa shape index (κ2) is 7.24. The molecule has 0 bridgehead atoms. The number of hydrazine groups is 1. The van der Waals surface area contributed by atoms with Crippen molar-refractivity contribution in [3.05, 3.63) is 89.5 Å². The molecular weight excluding hydrogens is 344 g/mol. The zero-order valence-corrected chi connectivity index (χ0v) is 15.2. The molecule has 1 heterocycles. The quantitative estimate of drug-likeness (QED) is 0.674. The van der Waals surface area contributed by atoms with Crippen LogP contribution in [0.5, 0.6) is 5.75 Å². The van der Waals surface area contributed by atoms with Crippen LogP contribution in [0.1, 0.15) is 5.56 Å². The molecule has 0 radical (unpaired) electrons. The van der Waals surface area contributed by atoms with Crippen LogP contribution in [0.3, 0.4) is 0 Å². The average Bonchev–Trinajstić information content (AvgIpc) is 3.18. The van der Waals surface area contributed by atoms with Gasteiger partial charge in [-0.25, -0.2) is 5.43 Å². The Morgan fingerprint density at radius 2 is 1.73 bits per heavy atom. The first kappa shape index (κ1) is 16.7. The molecule has 1 aliphatic rings. The summed E-state index contributed by atoms with van der Waals surface area (Å²) >= 11 is 6.19. The molecule has 0 spiro atoms. The number of methoxy groups -OCH3 is 1. The lowest BCUT2D eigenvalue weighted by atomic mass is 10.0. The second-order valence-corrected chi connectivity index (χ2v) is 6.48. The lowest BCUT2D eigenvalue weighted by Gasteiger charge is -2.25. The van der Waals surface area contributed by atoms with Gasteiger partial charge in [0.05, 0.1) is 18.5 Å². The average molecular weight is 363 g/mol. The van der Waals surface area contributed by atoms with Gasteiger partial charge in [-0.15, -0.1) is 0 Å². The minimum absolute atomic E-state index is 0.735. The Morgan fingerprint density at radius 1 is 0.923 bits per heavy atom. The number of hydrogen-bond donors (Lipinski definition) is 1. The number of nitrogens with zero attached hydrogens (tertiary/aromatic N) is 1.